The van der Waals surface area contributed by atoms with E-state index in [9.17, 15) is 0 Å². The summed E-state index contributed by atoms with van der Waals surface area (Å²) in [6.07, 6.45) is 6.57. The van der Waals surface area contributed by atoms with Gasteiger partial charge >= 0.3 is 0 Å². The zero-order valence-electron chi connectivity index (χ0n) is 35.4. The van der Waals surface area contributed by atoms with E-state index in [1.54, 1.807) is 0 Å². The number of fused-ring (bicyclic) bond motifs is 6. The zero-order valence-corrected chi connectivity index (χ0v) is 36.4. The first kappa shape index (κ1) is 37.5. The molecule has 2 nitrogen and oxygen atoms in total. The van der Waals surface area contributed by atoms with Crippen LogP contribution in [0.4, 0.5) is 0 Å². The molecule has 0 spiro atoms. The molecule has 0 atom stereocenters. The minimum absolute atomic E-state index is 0.625. The molecular formula is C60H48N2Si. The summed E-state index contributed by atoms with van der Waals surface area (Å²) in [5, 5.41) is 10.6. The predicted molar refractivity (Wildman–Crippen MR) is 270 cm³/mol. The summed E-state index contributed by atoms with van der Waals surface area (Å²) in [5.74, 6) is 0.625. The molecule has 0 bridgehead atoms. The van der Waals surface area contributed by atoms with Crippen molar-refractivity contribution >= 4 is 72.4 Å². The van der Waals surface area contributed by atoms with Gasteiger partial charge in [-0.15, -0.1) is 0 Å². The van der Waals surface area contributed by atoms with E-state index in [-0.39, 0.29) is 0 Å². The Bertz CT molecular complexity index is 3360. The van der Waals surface area contributed by atoms with E-state index in [1.807, 2.05) is 0 Å². The molecule has 2 aromatic heterocycles. The van der Waals surface area contributed by atoms with Gasteiger partial charge < -0.3 is 9.13 Å². The Balaban J connectivity index is 1.08. The Labute approximate surface area is 370 Å². The van der Waals surface area contributed by atoms with Crippen molar-refractivity contribution in [1.82, 2.24) is 9.13 Å². The van der Waals surface area contributed by atoms with E-state index in [0.29, 0.717) is 5.92 Å². The van der Waals surface area contributed by atoms with Gasteiger partial charge in [0.25, 0.3) is 0 Å². The highest BCUT2D eigenvalue weighted by Crippen LogP contribution is 2.41. The summed E-state index contributed by atoms with van der Waals surface area (Å²) in [6, 6.07) is 84.5. The van der Waals surface area contributed by atoms with Crippen LogP contribution in [-0.2, 0) is 0 Å². The molecule has 1 aliphatic rings. The molecule has 12 rings (SSSR count). The van der Waals surface area contributed by atoms with Crippen molar-refractivity contribution in [2.45, 2.75) is 38.0 Å². The Morgan fingerprint density at radius 1 is 0.349 bits per heavy atom. The Hall–Kier alpha value is -7.20. The maximum absolute atomic E-state index is 2.79. The van der Waals surface area contributed by atoms with Gasteiger partial charge in [0.1, 0.15) is 0 Å². The predicted octanol–water partition coefficient (Wildman–Crippen LogP) is 13.0. The van der Waals surface area contributed by atoms with Crippen LogP contribution >= 0.6 is 0 Å². The molecule has 3 heteroatoms. The van der Waals surface area contributed by atoms with Crippen molar-refractivity contribution in [3.8, 4) is 22.5 Å². The summed E-state index contributed by atoms with van der Waals surface area (Å²) in [5.41, 5.74) is 11.3. The van der Waals surface area contributed by atoms with Gasteiger partial charge in [0.2, 0.25) is 0 Å². The molecule has 0 amide bonds. The number of benzene rings is 9. The third kappa shape index (κ3) is 6.13. The summed E-state index contributed by atoms with van der Waals surface area (Å²) < 4.78 is 5.09. The second kappa shape index (κ2) is 15.6. The molecule has 1 saturated carbocycles. The largest absolute Gasteiger partial charge is 0.307 e. The van der Waals surface area contributed by atoms with Gasteiger partial charge in [-0.05, 0) is 92.6 Å². The Morgan fingerprint density at radius 2 is 0.841 bits per heavy atom. The van der Waals surface area contributed by atoms with Gasteiger partial charge in [-0.1, -0.05) is 207 Å². The molecule has 63 heavy (non-hydrogen) atoms. The quantitative estimate of drug-likeness (QED) is 0.107. The average molecular weight is 825 g/mol. The molecule has 0 saturated heterocycles. The van der Waals surface area contributed by atoms with E-state index >= 15 is 0 Å². The molecule has 0 radical (unpaired) electrons. The molecular weight excluding hydrogens is 777 g/mol. The summed E-state index contributed by atoms with van der Waals surface area (Å²) in [7, 11) is -2.79. The van der Waals surface area contributed by atoms with Crippen LogP contribution in [0.25, 0.3) is 66.1 Å². The summed E-state index contributed by atoms with van der Waals surface area (Å²) in [6.45, 7) is 0. The monoisotopic (exact) mass is 824 g/mol. The van der Waals surface area contributed by atoms with Gasteiger partial charge in [-0.2, -0.15) is 0 Å². The van der Waals surface area contributed by atoms with Crippen molar-refractivity contribution in [2.24, 2.45) is 0 Å². The van der Waals surface area contributed by atoms with E-state index < -0.39 is 8.07 Å². The van der Waals surface area contributed by atoms with Crippen LogP contribution in [0.3, 0.4) is 0 Å². The van der Waals surface area contributed by atoms with Gasteiger partial charge in [0, 0.05) is 27.2 Å². The fourth-order valence-electron chi connectivity index (χ4n) is 11.2. The lowest BCUT2D eigenvalue weighted by atomic mass is 9.84. The molecule has 302 valence electrons. The van der Waals surface area contributed by atoms with Crippen molar-refractivity contribution in [1.29, 1.82) is 0 Å². The lowest BCUT2D eigenvalue weighted by Gasteiger charge is -2.34. The molecule has 1 aliphatic carbocycles. The van der Waals surface area contributed by atoms with E-state index in [0.717, 1.165) is 5.69 Å². The lowest BCUT2D eigenvalue weighted by Crippen LogP contribution is -2.74. The fourth-order valence-corrected chi connectivity index (χ4v) is 15.9. The van der Waals surface area contributed by atoms with Crippen LogP contribution in [0.2, 0.25) is 0 Å². The SMILES string of the molecule is c1ccc(-c2ccc([Si](c3ccccc3)(c3ccccc3)c3ccc(-n4c5ccccc5c5cccc(-n6c7ccccc7c7ccc(C8CCCCC8)cc76)c54)cc3)cc2)cc1. The number of hydrogen-bond donors (Lipinski definition) is 0. The highest BCUT2D eigenvalue weighted by molar-refractivity contribution is 7.19. The number of para-hydroxylation sites is 3. The first-order chi connectivity index (χ1) is 31.3. The normalized spacial score (nSPS) is 13.7. The van der Waals surface area contributed by atoms with Crippen LogP contribution in [0.15, 0.2) is 224 Å². The van der Waals surface area contributed by atoms with Crippen LogP contribution < -0.4 is 20.7 Å². The van der Waals surface area contributed by atoms with Crippen molar-refractivity contribution in [2.75, 3.05) is 0 Å². The molecule has 9 aromatic carbocycles. The van der Waals surface area contributed by atoms with Crippen molar-refractivity contribution in [3.63, 3.8) is 0 Å². The zero-order chi connectivity index (χ0) is 41.7. The second-order valence-electron chi connectivity index (χ2n) is 17.5. The third-order valence-corrected chi connectivity index (χ3v) is 18.9. The smallest absolute Gasteiger partial charge is 0.179 e. The Morgan fingerprint density at radius 3 is 1.49 bits per heavy atom. The van der Waals surface area contributed by atoms with E-state index in [4.69, 9.17) is 0 Å². The van der Waals surface area contributed by atoms with Crippen molar-refractivity contribution < 1.29 is 0 Å². The summed E-state index contributed by atoms with van der Waals surface area (Å²) in [4.78, 5) is 0. The topological polar surface area (TPSA) is 9.86 Å². The maximum atomic E-state index is 2.56. The van der Waals surface area contributed by atoms with E-state index in [2.05, 4.69) is 234 Å². The van der Waals surface area contributed by atoms with Gasteiger partial charge in [0.05, 0.1) is 27.8 Å². The van der Waals surface area contributed by atoms with Crippen LogP contribution in [-0.4, -0.2) is 17.2 Å². The standard InChI is InChI=1S/C60H48N2Si/c1-5-18-43(19-6-1)45-32-37-50(38-33-45)63(48-22-9-3-10-23-48,49-24-11-4-12-25-49)51-39-35-47(36-40-51)61-56-29-15-14-27-53(56)55-28-17-31-58(60(55)61)62-57-30-16-13-26-52(57)54-41-34-46(42-59(54)62)44-20-7-2-8-21-44/h1,3-6,9-19,22-42,44H,2,7-8,20-21H2. The summed E-state index contributed by atoms with van der Waals surface area (Å²) >= 11 is 0. The minimum atomic E-state index is -2.79. The number of nitrogens with zero attached hydrogens (tertiary/aromatic N) is 2. The average Bonchev–Trinajstić information content (AvgIpc) is 3.89. The van der Waals surface area contributed by atoms with Crippen LogP contribution in [0.5, 0.6) is 0 Å². The molecule has 0 N–H and O–H groups in total. The number of rotatable bonds is 8. The number of hydrogen-bond acceptors (Lipinski definition) is 0. The second-order valence-corrected chi connectivity index (χ2v) is 21.3. The van der Waals surface area contributed by atoms with Gasteiger partial charge in [-0.3, -0.25) is 0 Å². The lowest BCUT2D eigenvalue weighted by molar-refractivity contribution is 0.444. The van der Waals surface area contributed by atoms with Crippen LogP contribution in [0.1, 0.15) is 43.6 Å². The van der Waals surface area contributed by atoms with Gasteiger partial charge in [0.15, 0.2) is 8.07 Å². The molecule has 0 aliphatic heterocycles. The number of aromatic nitrogens is 2. The van der Waals surface area contributed by atoms with Crippen LogP contribution in [0, 0.1) is 0 Å². The maximum Gasteiger partial charge on any atom is 0.179 e. The molecule has 11 aromatic rings. The highest BCUT2D eigenvalue weighted by atomic mass is 28.3. The Kier molecular flexibility index (Phi) is 9.30. The molecule has 0 unspecified atom stereocenters. The fraction of sp³-hybridized carbons (Fsp3) is 0.100. The van der Waals surface area contributed by atoms with Crippen molar-refractivity contribution in [3.05, 3.63) is 230 Å². The minimum Gasteiger partial charge on any atom is -0.307 e. The van der Waals surface area contributed by atoms with Gasteiger partial charge in [-0.25, -0.2) is 0 Å². The molecule has 2 heterocycles. The molecule has 1 fully saturated rings. The highest BCUT2D eigenvalue weighted by Gasteiger charge is 2.41. The first-order valence-electron chi connectivity index (χ1n) is 22.7. The third-order valence-electron chi connectivity index (χ3n) is 14.1. The first-order valence-corrected chi connectivity index (χ1v) is 24.7. The van der Waals surface area contributed by atoms with E-state index in [1.165, 1.54) is 119 Å².